The molecule has 1 aromatic carbocycles. The molecule has 0 fully saturated rings. The number of aldehydes is 1. The second-order valence-corrected chi connectivity index (χ2v) is 3.73. The van der Waals surface area contributed by atoms with Gasteiger partial charge in [0.2, 0.25) is 6.29 Å². The molecular weight excluding hydrogens is 253 g/mol. The molecule has 0 aliphatic carbocycles. The zero-order valence-corrected chi connectivity index (χ0v) is 9.93. The number of halogens is 2. The Balaban J connectivity index is 2.85. The fourth-order valence-corrected chi connectivity index (χ4v) is 1.57. The fourth-order valence-electron chi connectivity index (χ4n) is 1.09. The summed E-state index contributed by atoms with van der Waals surface area (Å²) in [6, 6.07) is 3.13. The molecule has 6 heteroatoms. The summed E-state index contributed by atoms with van der Waals surface area (Å²) < 4.78 is 4.97. The highest BCUT2D eigenvalue weighted by molar-refractivity contribution is 6.34. The number of benzene rings is 1. The molecule has 0 aromatic heterocycles. The van der Waals surface area contributed by atoms with Crippen LogP contribution in [-0.2, 0) is 16.1 Å². The van der Waals surface area contributed by atoms with E-state index in [9.17, 15) is 9.59 Å². The van der Waals surface area contributed by atoms with Crippen molar-refractivity contribution in [2.75, 3.05) is 7.11 Å². The van der Waals surface area contributed by atoms with Crippen molar-refractivity contribution in [3.05, 3.63) is 27.7 Å². The SMILES string of the molecule is COc1cc(Cl)c(CNC(=O)C=O)cc1Cl. The number of ether oxygens (including phenoxy) is 1. The number of carbonyl (C=O) groups excluding carboxylic acids is 2. The van der Waals surface area contributed by atoms with Gasteiger partial charge < -0.3 is 10.1 Å². The standard InChI is InChI=1S/C10H9Cl2NO3/c1-16-9-3-7(11)6(2-8(9)12)4-13-10(15)5-14/h2-3,5H,4H2,1H3,(H,13,15). The summed E-state index contributed by atoms with van der Waals surface area (Å²) in [6.07, 6.45) is 0.193. The zero-order valence-electron chi connectivity index (χ0n) is 8.42. The first kappa shape index (κ1) is 12.8. The lowest BCUT2D eigenvalue weighted by molar-refractivity contribution is -0.131. The molecule has 0 aliphatic heterocycles. The maximum atomic E-state index is 10.7. The Kier molecular flexibility index (Phi) is 4.58. The summed E-state index contributed by atoms with van der Waals surface area (Å²) in [5, 5.41) is 3.16. The predicted octanol–water partition coefficient (Wildman–Crippen LogP) is 1.82. The highest BCUT2D eigenvalue weighted by Crippen LogP contribution is 2.30. The zero-order chi connectivity index (χ0) is 12.1. The van der Waals surface area contributed by atoms with Crippen LogP contribution in [0.15, 0.2) is 12.1 Å². The topological polar surface area (TPSA) is 55.4 Å². The maximum absolute atomic E-state index is 10.7. The van der Waals surface area contributed by atoms with E-state index >= 15 is 0 Å². The summed E-state index contributed by atoms with van der Waals surface area (Å²) in [7, 11) is 1.48. The van der Waals surface area contributed by atoms with Crippen LogP contribution in [0.3, 0.4) is 0 Å². The van der Waals surface area contributed by atoms with Crippen LogP contribution in [0.5, 0.6) is 5.75 Å². The summed E-state index contributed by atoms with van der Waals surface area (Å²) in [5.41, 5.74) is 0.614. The van der Waals surface area contributed by atoms with Crippen LogP contribution in [0.25, 0.3) is 0 Å². The first-order valence-corrected chi connectivity index (χ1v) is 5.09. The molecule has 86 valence electrons. The molecule has 1 aromatic rings. The van der Waals surface area contributed by atoms with E-state index < -0.39 is 5.91 Å². The number of amides is 1. The van der Waals surface area contributed by atoms with E-state index in [1.165, 1.54) is 7.11 Å². The number of nitrogens with one attached hydrogen (secondary N) is 1. The van der Waals surface area contributed by atoms with Gasteiger partial charge in [0, 0.05) is 17.6 Å². The minimum Gasteiger partial charge on any atom is -0.495 e. The Morgan fingerprint density at radius 3 is 2.69 bits per heavy atom. The van der Waals surface area contributed by atoms with E-state index in [-0.39, 0.29) is 12.8 Å². The van der Waals surface area contributed by atoms with Crippen molar-refractivity contribution in [2.24, 2.45) is 0 Å². The first-order valence-electron chi connectivity index (χ1n) is 4.33. The average molecular weight is 262 g/mol. The Bertz CT molecular complexity index is 421. The number of methoxy groups -OCH3 is 1. The fraction of sp³-hybridized carbons (Fsp3) is 0.200. The molecule has 0 saturated carbocycles. The largest absolute Gasteiger partial charge is 0.495 e. The van der Waals surface area contributed by atoms with Gasteiger partial charge in [0.25, 0.3) is 5.91 Å². The van der Waals surface area contributed by atoms with E-state index in [4.69, 9.17) is 27.9 Å². The molecule has 1 N–H and O–H groups in total. The lowest BCUT2D eigenvalue weighted by Crippen LogP contribution is -2.23. The highest BCUT2D eigenvalue weighted by atomic mass is 35.5. The molecule has 0 radical (unpaired) electrons. The van der Waals surface area contributed by atoms with E-state index in [0.717, 1.165) is 0 Å². The molecule has 16 heavy (non-hydrogen) atoms. The van der Waals surface area contributed by atoms with Crippen molar-refractivity contribution >= 4 is 35.4 Å². The van der Waals surface area contributed by atoms with Crippen molar-refractivity contribution < 1.29 is 14.3 Å². The van der Waals surface area contributed by atoms with Crippen molar-refractivity contribution in [1.29, 1.82) is 0 Å². The lowest BCUT2D eigenvalue weighted by Gasteiger charge is -2.08. The normalized spacial score (nSPS) is 9.69. The van der Waals surface area contributed by atoms with Gasteiger partial charge in [-0.3, -0.25) is 9.59 Å². The van der Waals surface area contributed by atoms with Gasteiger partial charge in [-0.1, -0.05) is 23.2 Å². The van der Waals surface area contributed by atoms with E-state index in [1.54, 1.807) is 12.1 Å². The molecule has 0 saturated heterocycles. The molecule has 1 rings (SSSR count). The van der Waals surface area contributed by atoms with Crippen molar-refractivity contribution in [3.8, 4) is 5.75 Å². The van der Waals surface area contributed by atoms with Crippen LogP contribution in [0, 0.1) is 0 Å². The molecular formula is C10H9Cl2NO3. The van der Waals surface area contributed by atoms with Gasteiger partial charge in [0.15, 0.2) is 0 Å². The molecule has 0 bridgehead atoms. The Morgan fingerprint density at radius 2 is 2.12 bits per heavy atom. The Morgan fingerprint density at radius 1 is 1.44 bits per heavy atom. The molecule has 0 spiro atoms. The number of hydrogen-bond donors (Lipinski definition) is 1. The van der Waals surface area contributed by atoms with Gasteiger partial charge in [-0.2, -0.15) is 0 Å². The summed E-state index contributed by atoms with van der Waals surface area (Å²) in [5.74, 6) is -0.250. The lowest BCUT2D eigenvalue weighted by atomic mass is 10.2. The number of hydrogen-bond acceptors (Lipinski definition) is 3. The quantitative estimate of drug-likeness (QED) is 0.665. The van der Waals surface area contributed by atoms with Gasteiger partial charge in [-0.15, -0.1) is 0 Å². The maximum Gasteiger partial charge on any atom is 0.284 e. The van der Waals surface area contributed by atoms with E-state index in [2.05, 4.69) is 5.32 Å². The van der Waals surface area contributed by atoms with Crippen LogP contribution >= 0.6 is 23.2 Å². The summed E-state index contributed by atoms with van der Waals surface area (Å²) >= 11 is 11.8. The van der Waals surface area contributed by atoms with E-state index in [1.807, 2.05) is 0 Å². The van der Waals surface area contributed by atoms with E-state index in [0.29, 0.717) is 21.4 Å². The second-order valence-electron chi connectivity index (χ2n) is 2.91. The van der Waals surface area contributed by atoms with Crippen LogP contribution in [0.2, 0.25) is 10.0 Å². The third-order valence-electron chi connectivity index (χ3n) is 1.88. The van der Waals surface area contributed by atoms with Crippen molar-refractivity contribution in [2.45, 2.75) is 6.54 Å². The first-order chi connectivity index (χ1) is 7.58. The third kappa shape index (κ3) is 3.12. The molecule has 0 atom stereocenters. The van der Waals surface area contributed by atoms with Crippen LogP contribution in [0.1, 0.15) is 5.56 Å². The van der Waals surface area contributed by atoms with Gasteiger partial charge in [0.05, 0.1) is 12.1 Å². The van der Waals surface area contributed by atoms with Gasteiger partial charge in [0.1, 0.15) is 5.75 Å². The second kappa shape index (κ2) is 5.72. The van der Waals surface area contributed by atoms with Gasteiger partial charge in [-0.05, 0) is 11.6 Å². The summed E-state index contributed by atoms with van der Waals surface area (Å²) in [6.45, 7) is 0.139. The predicted molar refractivity (Wildman–Crippen MR) is 60.9 cm³/mol. The molecule has 4 nitrogen and oxygen atoms in total. The summed E-state index contributed by atoms with van der Waals surface area (Å²) in [4.78, 5) is 20.8. The van der Waals surface area contributed by atoms with Crippen LogP contribution in [0.4, 0.5) is 0 Å². The van der Waals surface area contributed by atoms with Crippen molar-refractivity contribution in [1.82, 2.24) is 5.32 Å². The molecule has 0 heterocycles. The van der Waals surface area contributed by atoms with Gasteiger partial charge in [-0.25, -0.2) is 0 Å². The molecule has 0 unspecified atom stereocenters. The minimum absolute atomic E-state index is 0.139. The number of rotatable bonds is 4. The molecule has 0 aliphatic rings. The monoisotopic (exact) mass is 261 g/mol. The minimum atomic E-state index is -0.706. The highest BCUT2D eigenvalue weighted by Gasteiger charge is 2.08. The van der Waals surface area contributed by atoms with Crippen LogP contribution < -0.4 is 10.1 Å². The number of carbonyl (C=O) groups is 2. The Hall–Kier alpha value is -1.26. The smallest absolute Gasteiger partial charge is 0.284 e. The average Bonchev–Trinajstić information content (AvgIpc) is 2.29. The molecule has 1 amide bonds. The van der Waals surface area contributed by atoms with Crippen LogP contribution in [-0.4, -0.2) is 19.3 Å². The Labute approximate surface area is 102 Å². The van der Waals surface area contributed by atoms with Gasteiger partial charge >= 0.3 is 0 Å². The van der Waals surface area contributed by atoms with Crippen molar-refractivity contribution in [3.63, 3.8) is 0 Å². The third-order valence-corrected chi connectivity index (χ3v) is 2.53.